The number of cyclic esters (lactones) is 1. The molecule has 3 nitrogen and oxygen atoms in total. The molecule has 1 fully saturated rings. The largest absolute Gasteiger partial charge is 0.454 e. The van der Waals surface area contributed by atoms with Crippen LogP contribution in [0.4, 0.5) is 0 Å². The summed E-state index contributed by atoms with van der Waals surface area (Å²) in [6.07, 6.45) is 17.5. The van der Waals surface area contributed by atoms with E-state index in [-0.39, 0.29) is 17.9 Å². The predicted molar refractivity (Wildman–Crippen MR) is 104 cm³/mol. The van der Waals surface area contributed by atoms with Crippen LogP contribution in [-0.2, 0) is 14.1 Å². The number of alkyl halides is 1. The smallest absolute Gasteiger partial charge is 0.336 e. The zero-order chi connectivity index (χ0) is 17.5. The minimum atomic E-state index is -0.302. The maximum atomic E-state index is 11.6. The van der Waals surface area contributed by atoms with Crippen LogP contribution in [0.3, 0.4) is 0 Å². The minimum Gasteiger partial charge on any atom is -0.454 e. The molecule has 0 aliphatic carbocycles. The highest BCUT2D eigenvalue weighted by Gasteiger charge is 2.28. The molecule has 0 aromatic rings. The average Bonchev–Trinajstić information content (AvgIpc) is 2.57. The Morgan fingerprint density at radius 2 is 1.29 bits per heavy atom. The van der Waals surface area contributed by atoms with Crippen LogP contribution >= 0.6 is 20.4 Å². The fraction of sp³-hybridized carbons (Fsp3) is 0.947. The Bertz CT molecular complexity index is 315. The molecule has 0 saturated carbocycles. The van der Waals surface area contributed by atoms with E-state index >= 15 is 0 Å². The lowest BCUT2D eigenvalue weighted by molar-refractivity contribution is -0.156. The van der Waals surface area contributed by atoms with E-state index < -0.39 is 0 Å². The molecular formula is C19H36ClO3P. The quantitative estimate of drug-likeness (QED) is 0.140. The number of carbonyl (C=O) groups is 1. The number of halogens is 1. The third kappa shape index (κ3) is 11.7. The van der Waals surface area contributed by atoms with Gasteiger partial charge in [0.15, 0.2) is 6.10 Å². The first-order valence-corrected chi connectivity index (χ1v) is 11.4. The molecule has 5 heteroatoms. The van der Waals surface area contributed by atoms with Gasteiger partial charge in [-0.1, -0.05) is 77.0 Å². The lowest BCUT2D eigenvalue weighted by Gasteiger charge is -2.25. The van der Waals surface area contributed by atoms with Crippen molar-refractivity contribution >= 4 is 26.4 Å². The second-order valence-electron chi connectivity index (χ2n) is 6.88. The van der Waals surface area contributed by atoms with Gasteiger partial charge in [0.25, 0.3) is 0 Å². The summed E-state index contributed by atoms with van der Waals surface area (Å²) in [5, 5.41) is 0. The van der Waals surface area contributed by atoms with Crippen molar-refractivity contribution in [2.45, 2.75) is 109 Å². The van der Waals surface area contributed by atoms with E-state index in [1.54, 1.807) is 0 Å². The molecule has 0 spiro atoms. The first kappa shape index (κ1) is 22.2. The zero-order valence-corrected chi connectivity index (χ0v) is 17.1. The highest BCUT2D eigenvalue weighted by molar-refractivity contribution is 7.33. The zero-order valence-electron chi connectivity index (χ0n) is 15.4. The Morgan fingerprint density at radius 1 is 0.833 bits per heavy atom. The molecule has 3 atom stereocenters. The summed E-state index contributed by atoms with van der Waals surface area (Å²) in [6, 6.07) is 0. The molecule has 0 N–H and O–H groups in total. The van der Waals surface area contributed by atoms with Gasteiger partial charge < -0.3 is 9.26 Å². The highest BCUT2D eigenvalue weighted by Crippen LogP contribution is 2.31. The molecule has 3 unspecified atom stereocenters. The molecule has 1 saturated heterocycles. The second kappa shape index (κ2) is 15.4. The predicted octanol–water partition coefficient (Wildman–Crippen LogP) is 6.57. The summed E-state index contributed by atoms with van der Waals surface area (Å²) in [4.78, 5) is 11.6. The molecule has 1 aliphatic rings. The van der Waals surface area contributed by atoms with Gasteiger partial charge in [-0.2, -0.15) is 0 Å². The van der Waals surface area contributed by atoms with E-state index in [0.29, 0.717) is 8.81 Å². The van der Waals surface area contributed by atoms with E-state index in [1.165, 1.54) is 77.0 Å². The molecule has 0 radical (unpaired) electrons. The molecule has 0 amide bonds. The number of unbranched alkanes of at least 4 members (excludes halogenated alkanes) is 12. The van der Waals surface area contributed by atoms with E-state index in [1.807, 2.05) is 6.92 Å². The van der Waals surface area contributed by atoms with E-state index in [0.717, 1.165) is 18.7 Å². The molecule has 1 rings (SSSR count). The van der Waals surface area contributed by atoms with Crippen molar-refractivity contribution in [2.75, 3.05) is 5.88 Å². The number of hydrogen-bond donors (Lipinski definition) is 0. The third-order valence-corrected chi connectivity index (χ3v) is 5.67. The summed E-state index contributed by atoms with van der Waals surface area (Å²) in [5.74, 6) is 0.598. The lowest BCUT2D eigenvalue weighted by Crippen LogP contribution is -2.31. The van der Waals surface area contributed by atoms with Crippen LogP contribution in [0.2, 0.25) is 0 Å². The van der Waals surface area contributed by atoms with Crippen LogP contribution in [0.25, 0.3) is 0 Å². The average molecular weight is 379 g/mol. The Hall–Kier alpha value is 0.150. The summed E-state index contributed by atoms with van der Waals surface area (Å²) in [5.41, 5.74) is 0. The monoisotopic (exact) mass is 378 g/mol. The van der Waals surface area contributed by atoms with Crippen molar-refractivity contribution in [3.05, 3.63) is 0 Å². The maximum absolute atomic E-state index is 11.6. The molecule has 1 heterocycles. The van der Waals surface area contributed by atoms with Gasteiger partial charge in [-0.3, -0.25) is 0 Å². The first-order valence-electron chi connectivity index (χ1n) is 9.91. The summed E-state index contributed by atoms with van der Waals surface area (Å²) < 4.78 is 10.8. The molecule has 24 heavy (non-hydrogen) atoms. The molecule has 0 aromatic carbocycles. The Kier molecular flexibility index (Phi) is 14.2. The Labute approximate surface area is 155 Å². The Morgan fingerprint density at radius 3 is 1.75 bits per heavy atom. The topological polar surface area (TPSA) is 35.5 Å². The fourth-order valence-corrected chi connectivity index (χ4v) is 3.97. The highest BCUT2D eigenvalue weighted by atomic mass is 35.5. The molecule has 1 aliphatic heterocycles. The fourth-order valence-electron chi connectivity index (χ4n) is 3.05. The number of carbonyl (C=O) groups excluding carboxylic acids is 1. The third-order valence-electron chi connectivity index (χ3n) is 4.53. The first-order chi connectivity index (χ1) is 11.7. The van der Waals surface area contributed by atoms with E-state index in [2.05, 4.69) is 0 Å². The molecule has 0 bridgehead atoms. The number of rotatable bonds is 15. The van der Waals surface area contributed by atoms with Crippen LogP contribution in [0, 0.1) is 0 Å². The van der Waals surface area contributed by atoms with Gasteiger partial charge in [-0.15, -0.1) is 11.6 Å². The van der Waals surface area contributed by atoms with Crippen LogP contribution in [-0.4, -0.2) is 23.8 Å². The van der Waals surface area contributed by atoms with Gasteiger partial charge in [0.1, 0.15) is 5.85 Å². The maximum Gasteiger partial charge on any atom is 0.336 e. The SMILES string of the molecule is CC1OC(=O)C(CCCCCCCCCCCCCCCCl)OP1. The van der Waals surface area contributed by atoms with Crippen molar-refractivity contribution in [1.82, 2.24) is 0 Å². The van der Waals surface area contributed by atoms with Crippen molar-refractivity contribution < 1.29 is 14.1 Å². The summed E-state index contributed by atoms with van der Waals surface area (Å²) in [6.45, 7) is 1.88. The van der Waals surface area contributed by atoms with Gasteiger partial charge in [0.2, 0.25) is 0 Å². The number of hydrogen-bond acceptors (Lipinski definition) is 3. The number of esters is 1. The van der Waals surface area contributed by atoms with Gasteiger partial charge in [0, 0.05) is 5.88 Å². The van der Waals surface area contributed by atoms with Crippen molar-refractivity contribution in [3.8, 4) is 0 Å². The van der Waals surface area contributed by atoms with Gasteiger partial charge in [-0.25, -0.2) is 4.79 Å². The lowest BCUT2D eigenvalue weighted by atomic mass is 10.0. The van der Waals surface area contributed by atoms with Gasteiger partial charge in [0.05, 0.1) is 8.81 Å². The molecule has 142 valence electrons. The van der Waals surface area contributed by atoms with E-state index in [4.69, 9.17) is 20.9 Å². The van der Waals surface area contributed by atoms with Crippen LogP contribution in [0.5, 0.6) is 0 Å². The van der Waals surface area contributed by atoms with Crippen LogP contribution in [0.1, 0.15) is 96.8 Å². The van der Waals surface area contributed by atoms with Gasteiger partial charge in [-0.05, 0) is 19.8 Å². The standard InChI is InChI=1S/C19H36ClO3P/c1-17-22-19(21)18(23-24-17)15-13-11-9-7-5-3-2-4-6-8-10-12-14-16-20/h17-18,24H,2-16H2,1H3. The van der Waals surface area contributed by atoms with Crippen molar-refractivity contribution in [3.63, 3.8) is 0 Å². The Balaban J connectivity index is 1.77. The number of ether oxygens (including phenoxy) is 1. The van der Waals surface area contributed by atoms with Crippen LogP contribution < -0.4 is 0 Å². The molecular weight excluding hydrogens is 343 g/mol. The minimum absolute atomic E-state index is 0.0561. The molecule has 0 aromatic heterocycles. The second-order valence-corrected chi connectivity index (χ2v) is 8.54. The van der Waals surface area contributed by atoms with Crippen LogP contribution in [0.15, 0.2) is 0 Å². The van der Waals surface area contributed by atoms with E-state index in [9.17, 15) is 4.79 Å². The summed E-state index contributed by atoms with van der Waals surface area (Å²) >= 11 is 5.67. The normalized spacial score (nSPS) is 22.0. The van der Waals surface area contributed by atoms with Gasteiger partial charge >= 0.3 is 5.97 Å². The summed E-state index contributed by atoms with van der Waals surface area (Å²) in [7, 11) is 0.304. The van der Waals surface area contributed by atoms with Crippen molar-refractivity contribution in [1.29, 1.82) is 0 Å². The van der Waals surface area contributed by atoms with Crippen molar-refractivity contribution in [2.24, 2.45) is 0 Å².